The van der Waals surface area contributed by atoms with E-state index in [1.54, 1.807) is 0 Å². The van der Waals surface area contributed by atoms with E-state index in [0.29, 0.717) is 12.1 Å². The van der Waals surface area contributed by atoms with Gasteiger partial charge in [0.15, 0.2) is 5.96 Å². The van der Waals surface area contributed by atoms with Gasteiger partial charge in [-0.05, 0) is 46.2 Å². The summed E-state index contributed by atoms with van der Waals surface area (Å²) in [5.41, 5.74) is 2.14. The zero-order valence-corrected chi connectivity index (χ0v) is 16.8. The lowest BCUT2D eigenvalue weighted by molar-refractivity contribution is 0.178. The number of benzene rings is 1. The van der Waals surface area contributed by atoms with Crippen molar-refractivity contribution < 1.29 is 0 Å². The van der Waals surface area contributed by atoms with E-state index in [0.717, 1.165) is 55.3 Å². The van der Waals surface area contributed by atoms with E-state index in [1.807, 2.05) is 25.2 Å². The number of para-hydroxylation sites is 2. The highest BCUT2D eigenvalue weighted by atomic mass is 15.2. The van der Waals surface area contributed by atoms with Gasteiger partial charge < -0.3 is 15.6 Å². The van der Waals surface area contributed by atoms with E-state index in [4.69, 9.17) is 0 Å². The highest BCUT2D eigenvalue weighted by Gasteiger charge is 2.12. The first-order chi connectivity index (χ1) is 12.5. The SMILES string of the molecule is CN=C(NCCCc1nc2ccccc2[nH]1)NCCN(C(C)C)C(C)C. The summed E-state index contributed by atoms with van der Waals surface area (Å²) in [4.78, 5) is 14.8. The predicted molar refractivity (Wildman–Crippen MR) is 111 cm³/mol. The normalized spacial score (nSPS) is 12.5. The van der Waals surface area contributed by atoms with E-state index in [1.165, 1.54) is 0 Å². The number of H-pyrrole nitrogens is 1. The highest BCUT2D eigenvalue weighted by molar-refractivity contribution is 5.79. The number of aromatic nitrogens is 2. The molecule has 0 saturated carbocycles. The number of fused-ring (bicyclic) bond motifs is 1. The van der Waals surface area contributed by atoms with Crippen LogP contribution < -0.4 is 10.6 Å². The summed E-state index contributed by atoms with van der Waals surface area (Å²) in [6.45, 7) is 11.7. The highest BCUT2D eigenvalue weighted by Crippen LogP contribution is 2.11. The monoisotopic (exact) mass is 358 g/mol. The molecule has 1 aromatic heterocycles. The number of hydrogen-bond acceptors (Lipinski definition) is 3. The van der Waals surface area contributed by atoms with Gasteiger partial charge in [0.25, 0.3) is 0 Å². The minimum atomic E-state index is 0.551. The van der Waals surface area contributed by atoms with Gasteiger partial charge in [0.1, 0.15) is 5.82 Å². The van der Waals surface area contributed by atoms with Crippen molar-refractivity contribution >= 4 is 17.0 Å². The van der Waals surface area contributed by atoms with Crippen LogP contribution in [0.1, 0.15) is 39.9 Å². The van der Waals surface area contributed by atoms with Crippen LogP contribution in [0.25, 0.3) is 11.0 Å². The molecule has 0 atom stereocenters. The van der Waals surface area contributed by atoms with Crippen LogP contribution in [0.15, 0.2) is 29.3 Å². The smallest absolute Gasteiger partial charge is 0.191 e. The van der Waals surface area contributed by atoms with Gasteiger partial charge in [0.2, 0.25) is 0 Å². The van der Waals surface area contributed by atoms with Gasteiger partial charge >= 0.3 is 0 Å². The summed E-state index contributed by atoms with van der Waals surface area (Å²) < 4.78 is 0. The lowest BCUT2D eigenvalue weighted by Gasteiger charge is -2.30. The summed E-state index contributed by atoms with van der Waals surface area (Å²) in [5.74, 6) is 1.91. The van der Waals surface area contributed by atoms with Crippen molar-refractivity contribution in [3.05, 3.63) is 30.1 Å². The van der Waals surface area contributed by atoms with Gasteiger partial charge in [-0.2, -0.15) is 0 Å². The first kappa shape index (κ1) is 20.2. The second-order valence-corrected chi connectivity index (χ2v) is 7.16. The van der Waals surface area contributed by atoms with Crippen LogP contribution in [0.5, 0.6) is 0 Å². The third-order valence-corrected chi connectivity index (χ3v) is 4.53. The number of rotatable bonds is 9. The van der Waals surface area contributed by atoms with Crippen molar-refractivity contribution in [1.29, 1.82) is 0 Å². The molecule has 0 unspecified atom stereocenters. The molecule has 0 aliphatic rings. The number of aryl methyl sites for hydroxylation is 1. The Morgan fingerprint density at radius 3 is 2.46 bits per heavy atom. The summed E-state index contributed by atoms with van der Waals surface area (Å²) in [6, 6.07) is 9.25. The number of aromatic amines is 1. The Balaban J connectivity index is 1.68. The molecule has 0 aliphatic carbocycles. The Labute approximate surface area is 157 Å². The molecule has 26 heavy (non-hydrogen) atoms. The number of guanidine groups is 1. The topological polar surface area (TPSA) is 68.3 Å². The molecule has 0 aliphatic heterocycles. The molecule has 0 spiro atoms. The van der Waals surface area contributed by atoms with Gasteiger partial charge in [-0.1, -0.05) is 12.1 Å². The Morgan fingerprint density at radius 1 is 1.12 bits per heavy atom. The molecule has 2 rings (SSSR count). The van der Waals surface area contributed by atoms with Crippen LogP contribution in [0.4, 0.5) is 0 Å². The fourth-order valence-corrected chi connectivity index (χ4v) is 3.22. The van der Waals surface area contributed by atoms with Gasteiger partial charge in [0, 0.05) is 45.2 Å². The minimum Gasteiger partial charge on any atom is -0.356 e. The van der Waals surface area contributed by atoms with Crippen LogP contribution in [0, 0.1) is 0 Å². The molecule has 0 amide bonds. The number of aliphatic imine (C=N–C) groups is 1. The fourth-order valence-electron chi connectivity index (χ4n) is 3.22. The molecule has 3 N–H and O–H groups in total. The van der Waals surface area contributed by atoms with Crippen molar-refractivity contribution in [1.82, 2.24) is 25.5 Å². The van der Waals surface area contributed by atoms with Crippen LogP contribution in [0.3, 0.4) is 0 Å². The lowest BCUT2D eigenvalue weighted by atomic mass is 10.2. The van der Waals surface area contributed by atoms with Crippen LogP contribution in [-0.4, -0.2) is 59.6 Å². The standard InChI is InChI=1S/C20H34N6/c1-15(2)26(16(3)4)14-13-23-20(21-5)22-12-8-11-19-24-17-9-6-7-10-18(17)25-19/h6-7,9-10,15-16H,8,11-14H2,1-5H3,(H,24,25)(H2,21,22,23). The van der Waals surface area contributed by atoms with Crippen LogP contribution >= 0.6 is 0 Å². The predicted octanol–water partition coefficient (Wildman–Crippen LogP) is 2.78. The molecule has 0 bridgehead atoms. The number of imidazole rings is 1. The van der Waals surface area contributed by atoms with E-state index in [-0.39, 0.29) is 0 Å². The maximum Gasteiger partial charge on any atom is 0.191 e. The number of hydrogen-bond donors (Lipinski definition) is 3. The largest absolute Gasteiger partial charge is 0.356 e. The molecule has 0 saturated heterocycles. The fraction of sp³-hybridized carbons (Fsp3) is 0.600. The van der Waals surface area contributed by atoms with Crippen LogP contribution in [0.2, 0.25) is 0 Å². The molecule has 1 heterocycles. The van der Waals surface area contributed by atoms with Crippen molar-refractivity contribution in [3.8, 4) is 0 Å². The molecule has 2 aromatic rings. The summed E-state index contributed by atoms with van der Waals surface area (Å²) >= 11 is 0. The van der Waals surface area contributed by atoms with Gasteiger partial charge in [-0.15, -0.1) is 0 Å². The first-order valence-electron chi connectivity index (χ1n) is 9.65. The lowest BCUT2D eigenvalue weighted by Crippen LogP contribution is -2.45. The summed E-state index contributed by atoms with van der Waals surface area (Å²) in [5, 5.41) is 6.79. The third kappa shape index (κ3) is 6.02. The van der Waals surface area contributed by atoms with Gasteiger partial charge in [-0.25, -0.2) is 4.98 Å². The molecule has 6 heteroatoms. The Bertz CT molecular complexity index is 647. The average molecular weight is 359 g/mol. The molecular weight excluding hydrogens is 324 g/mol. The van der Waals surface area contributed by atoms with E-state index >= 15 is 0 Å². The van der Waals surface area contributed by atoms with E-state index in [2.05, 4.69) is 64.3 Å². The Morgan fingerprint density at radius 2 is 1.81 bits per heavy atom. The Hall–Kier alpha value is -2.08. The quantitative estimate of drug-likeness (QED) is 0.366. The summed E-state index contributed by atoms with van der Waals surface area (Å²) in [7, 11) is 1.82. The van der Waals surface area contributed by atoms with E-state index in [9.17, 15) is 0 Å². The van der Waals surface area contributed by atoms with Crippen molar-refractivity contribution in [2.45, 2.75) is 52.6 Å². The van der Waals surface area contributed by atoms with Crippen LogP contribution in [-0.2, 0) is 6.42 Å². The maximum absolute atomic E-state index is 4.62. The molecule has 0 radical (unpaired) electrons. The van der Waals surface area contributed by atoms with Gasteiger partial charge in [0.05, 0.1) is 11.0 Å². The van der Waals surface area contributed by atoms with Gasteiger partial charge in [-0.3, -0.25) is 9.89 Å². The Kier molecular flexibility index (Phi) is 7.91. The average Bonchev–Trinajstić information content (AvgIpc) is 3.02. The molecule has 1 aromatic carbocycles. The second kappa shape index (κ2) is 10.2. The van der Waals surface area contributed by atoms with Crippen molar-refractivity contribution in [3.63, 3.8) is 0 Å². The summed E-state index contributed by atoms with van der Waals surface area (Å²) in [6.07, 6.45) is 1.93. The third-order valence-electron chi connectivity index (χ3n) is 4.53. The molecule has 0 fully saturated rings. The zero-order chi connectivity index (χ0) is 18.9. The molecule has 6 nitrogen and oxygen atoms in total. The number of nitrogens with one attached hydrogen (secondary N) is 3. The second-order valence-electron chi connectivity index (χ2n) is 7.16. The van der Waals surface area contributed by atoms with Crippen molar-refractivity contribution in [2.24, 2.45) is 4.99 Å². The van der Waals surface area contributed by atoms with E-state index < -0.39 is 0 Å². The van der Waals surface area contributed by atoms with Crippen molar-refractivity contribution in [2.75, 3.05) is 26.7 Å². The molecule has 144 valence electrons. The first-order valence-corrected chi connectivity index (χ1v) is 9.65. The number of nitrogens with zero attached hydrogens (tertiary/aromatic N) is 3. The molecular formula is C20H34N6. The minimum absolute atomic E-state index is 0.551. The maximum atomic E-state index is 4.62. The zero-order valence-electron chi connectivity index (χ0n) is 16.8.